The first-order valence-corrected chi connectivity index (χ1v) is 7.36. The summed E-state index contributed by atoms with van der Waals surface area (Å²) < 4.78 is 0. The van der Waals surface area contributed by atoms with E-state index >= 15 is 0 Å². The summed E-state index contributed by atoms with van der Waals surface area (Å²) in [7, 11) is 0. The van der Waals surface area contributed by atoms with E-state index in [4.69, 9.17) is 11.6 Å². The summed E-state index contributed by atoms with van der Waals surface area (Å²) in [6.07, 6.45) is 2.92. The van der Waals surface area contributed by atoms with Crippen molar-refractivity contribution < 1.29 is 4.79 Å². The molecule has 1 aromatic carbocycles. The van der Waals surface area contributed by atoms with Crippen molar-refractivity contribution in [3.8, 4) is 0 Å². The zero-order valence-corrected chi connectivity index (χ0v) is 12.0. The van der Waals surface area contributed by atoms with Crippen LogP contribution in [0.15, 0.2) is 24.4 Å². The highest BCUT2D eigenvalue weighted by molar-refractivity contribution is 6.35. The van der Waals surface area contributed by atoms with Crippen LogP contribution in [-0.4, -0.2) is 28.9 Å². The van der Waals surface area contributed by atoms with Gasteiger partial charge >= 0.3 is 0 Å². The van der Waals surface area contributed by atoms with Gasteiger partial charge in [0.25, 0.3) is 5.91 Å². The minimum atomic E-state index is 0.0978. The molecule has 20 heavy (non-hydrogen) atoms. The van der Waals surface area contributed by atoms with Crippen molar-refractivity contribution in [3.63, 3.8) is 0 Å². The van der Waals surface area contributed by atoms with E-state index in [1.54, 1.807) is 6.20 Å². The van der Waals surface area contributed by atoms with Crippen LogP contribution >= 0.6 is 11.6 Å². The number of likely N-dealkylation sites (tertiary alicyclic amines) is 1. The van der Waals surface area contributed by atoms with Gasteiger partial charge in [-0.1, -0.05) is 29.8 Å². The van der Waals surface area contributed by atoms with Crippen LogP contribution in [0.3, 0.4) is 0 Å². The van der Waals surface area contributed by atoms with Crippen LogP contribution in [0.25, 0.3) is 10.8 Å². The Morgan fingerprint density at radius 2 is 2.10 bits per heavy atom. The third-order valence-corrected chi connectivity index (χ3v) is 4.87. The Kier molecular flexibility index (Phi) is 2.55. The molecule has 1 amide bonds. The number of hydrogen-bond donors (Lipinski definition) is 0. The number of halogens is 1. The van der Waals surface area contributed by atoms with E-state index in [9.17, 15) is 4.79 Å². The van der Waals surface area contributed by atoms with Gasteiger partial charge in [-0.2, -0.15) is 0 Å². The van der Waals surface area contributed by atoms with Crippen molar-refractivity contribution in [2.45, 2.75) is 13.3 Å². The van der Waals surface area contributed by atoms with Gasteiger partial charge in [-0.15, -0.1) is 0 Å². The maximum Gasteiger partial charge on any atom is 0.256 e. The summed E-state index contributed by atoms with van der Waals surface area (Å²) in [5.74, 6) is 1.58. The molecular weight excluding hydrogens is 272 g/mol. The molecule has 2 unspecified atom stereocenters. The van der Waals surface area contributed by atoms with E-state index in [1.807, 2.05) is 30.0 Å². The quantitative estimate of drug-likeness (QED) is 0.754. The molecule has 2 atom stereocenters. The Labute approximate surface area is 122 Å². The van der Waals surface area contributed by atoms with Gasteiger partial charge < -0.3 is 4.90 Å². The molecule has 1 saturated carbocycles. The monoisotopic (exact) mass is 286 g/mol. The highest BCUT2D eigenvalue weighted by atomic mass is 35.5. The van der Waals surface area contributed by atoms with E-state index in [2.05, 4.69) is 4.98 Å². The highest BCUT2D eigenvalue weighted by Crippen LogP contribution is 2.45. The van der Waals surface area contributed by atoms with Crippen LogP contribution in [0.4, 0.5) is 0 Å². The Morgan fingerprint density at radius 3 is 2.85 bits per heavy atom. The van der Waals surface area contributed by atoms with Crippen molar-refractivity contribution in [1.82, 2.24) is 9.88 Å². The summed E-state index contributed by atoms with van der Waals surface area (Å²) in [5, 5.41) is 2.27. The van der Waals surface area contributed by atoms with Crippen LogP contribution in [0.5, 0.6) is 0 Å². The fourth-order valence-corrected chi connectivity index (χ4v) is 3.56. The third kappa shape index (κ3) is 1.73. The molecule has 0 N–H and O–H groups in total. The van der Waals surface area contributed by atoms with Gasteiger partial charge in [-0.05, 0) is 30.7 Å². The van der Waals surface area contributed by atoms with E-state index in [-0.39, 0.29) is 5.91 Å². The minimum absolute atomic E-state index is 0.0978. The van der Waals surface area contributed by atoms with Crippen LogP contribution in [0, 0.1) is 18.8 Å². The lowest BCUT2D eigenvalue weighted by Gasteiger charge is -2.19. The molecule has 2 aromatic rings. The Balaban J connectivity index is 1.83. The van der Waals surface area contributed by atoms with Gasteiger partial charge in [-0.3, -0.25) is 4.79 Å². The second-order valence-electron chi connectivity index (χ2n) is 5.93. The molecule has 0 bridgehead atoms. The Bertz CT molecular complexity index is 718. The number of aryl methyl sites for hydroxylation is 1. The summed E-state index contributed by atoms with van der Waals surface area (Å²) >= 11 is 6.16. The Hall–Kier alpha value is -1.61. The predicted octanol–water partition coefficient (Wildman–Crippen LogP) is 3.29. The molecule has 1 aliphatic carbocycles. The molecule has 0 spiro atoms. The lowest BCUT2D eigenvalue weighted by Crippen LogP contribution is -2.30. The SMILES string of the molecule is Cc1cccc2c(Cl)ncc(C(=O)N3CC4CC4C3)c12. The maximum atomic E-state index is 12.7. The van der Waals surface area contributed by atoms with Gasteiger partial charge in [0.05, 0.1) is 5.56 Å². The van der Waals surface area contributed by atoms with Crippen LogP contribution in [0.1, 0.15) is 22.3 Å². The summed E-state index contributed by atoms with van der Waals surface area (Å²) in [4.78, 5) is 18.9. The number of nitrogens with zero attached hydrogens (tertiary/aromatic N) is 2. The maximum absolute atomic E-state index is 12.7. The average molecular weight is 287 g/mol. The first-order chi connectivity index (χ1) is 9.65. The number of carbonyl (C=O) groups excluding carboxylic acids is 1. The highest BCUT2D eigenvalue weighted by Gasteiger charge is 2.46. The van der Waals surface area contributed by atoms with E-state index in [0.717, 1.165) is 41.3 Å². The van der Waals surface area contributed by atoms with Crippen molar-refractivity contribution in [1.29, 1.82) is 0 Å². The van der Waals surface area contributed by atoms with Crippen molar-refractivity contribution in [3.05, 3.63) is 40.7 Å². The molecule has 3 nitrogen and oxygen atoms in total. The zero-order chi connectivity index (χ0) is 13.9. The molecule has 4 rings (SSSR count). The largest absolute Gasteiger partial charge is 0.338 e. The fraction of sp³-hybridized carbons (Fsp3) is 0.375. The number of aromatic nitrogens is 1. The second kappa shape index (κ2) is 4.19. The normalized spacial score (nSPS) is 24.0. The van der Waals surface area contributed by atoms with E-state index in [0.29, 0.717) is 10.7 Å². The topological polar surface area (TPSA) is 33.2 Å². The standard InChI is InChI=1S/C16H15ClN2O/c1-9-3-2-4-12-14(9)13(6-18-15(12)17)16(20)19-7-10-5-11(10)8-19/h2-4,6,10-11H,5,7-8H2,1H3. The van der Waals surface area contributed by atoms with E-state index < -0.39 is 0 Å². The Morgan fingerprint density at radius 1 is 1.35 bits per heavy atom. The van der Waals surface area contributed by atoms with Crippen LogP contribution < -0.4 is 0 Å². The number of pyridine rings is 1. The average Bonchev–Trinajstić information content (AvgIpc) is 3.06. The molecule has 1 aliphatic heterocycles. The molecule has 4 heteroatoms. The number of benzene rings is 1. The second-order valence-corrected chi connectivity index (χ2v) is 6.28. The third-order valence-electron chi connectivity index (χ3n) is 4.57. The van der Waals surface area contributed by atoms with Crippen LogP contribution in [0.2, 0.25) is 5.15 Å². The number of carbonyl (C=O) groups is 1. The number of amides is 1. The summed E-state index contributed by atoms with van der Waals surface area (Å²) in [6.45, 7) is 3.82. The summed E-state index contributed by atoms with van der Waals surface area (Å²) in [6, 6.07) is 5.89. The predicted molar refractivity (Wildman–Crippen MR) is 79.0 cm³/mol. The number of hydrogen-bond acceptors (Lipinski definition) is 2. The molecule has 2 fully saturated rings. The molecule has 1 aromatic heterocycles. The lowest BCUT2D eigenvalue weighted by atomic mass is 10.0. The van der Waals surface area contributed by atoms with Gasteiger partial charge in [0.2, 0.25) is 0 Å². The molecule has 1 saturated heterocycles. The summed E-state index contributed by atoms with van der Waals surface area (Å²) in [5.41, 5.74) is 1.75. The van der Waals surface area contributed by atoms with Gasteiger partial charge in [-0.25, -0.2) is 4.98 Å². The number of piperidine rings is 1. The smallest absolute Gasteiger partial charge is 0.256 e. The first kappa shape index (κ1) is 12.2. The molecular formula is C16H15ClN2O. The van der Waals surface area contributed by atoms with Crippen molar-refractivity contribution in [2.75, 3.05) is 13.1 Å². The number of fused-ring (bicyclic) bond motifs is 2. The van der Waals surface area contributed by atoms with Gasteiger partial charge in [0.1, 0.15) is 5.15 Å². The molecule has 2 heterocycles. The first-order valence-electron chi connectivity index (χ1n) is 6.98. The van der Waals surface area contributed by atoms with Crippen molar-refractivity contribution in [2.24, 2.45) is 11.8 Å². The lowest BCUT2D eigenvalue weighted by molar-refractivity contribution is 0.0777. The van der Waals surface area contributed by atoms with E-state index in [1.165, 1.54) is 6.42 Å². The van der Waals surface area contributed by atoms with Gasteiger partial charge in [0, 0.05) is 30.1 Å². The molecule has 0 radical (unpaired) electrons. The fourth-order valence-electron chi connectivity index (χ4n) is 3.35. The molecule has 2 aliphatic rings. The molecule has 102 valence electrons. The van der Waals surface area contributed by atoms with Crippen LogP contribution in [-0.2, 0) is 0 Å². The number of rotatable bonds is 1. The minimum Gasteiger partial charge on any atom is -0.338 e. The van der Waals surface area contributed by atoms with Gasteiger partial charge in [0.15, 0.2) is 0 Å². The zero-order valence-electron chi connectivity index (χ0n) is 11.3. The van der Waals surface area contributed by atoms with Crippen molar-refractivity contribution >= 4 is 28.3 Å².